The summed E-state index contributed by atoms with van der Waals surface area (Å²) in [4.78, 5) is 4.37. The first kappa shape index (κ1) is 13.5. The number of fused-ring (bicyclic) bond motifs is 1. The van der Waals surface area contributed by atoms with Gasteiger partial charge in [0.2, 0.25) is 0 Å². The molecule has 0 fully saturated rings. The average Bonchev–Trinajstić information content (AvgIpc) is 2.40. The second-order valence-electron chi connectivity index (χ2n) is 4.11. The molecular weight excluding hydrogens is 240 g/mol. The summed E-state index contributed by atoms with van der Waals surface area (Å²) in [6.07, 6.45) is 1.85. The molecule has 0 atom stereocenters. The molecule has 0 radical (unpaired) electrons. The van der Waals surface area contributed by atoms with Crippen LogP contribution in [0.15, 0.2) is 24.4 Å². The van der Waals surface area contributed by atoms with Crippen molar-refractivity contribution in [3.63, 3.8) is 0 Å². The number of benzene rings is 1. The zero-order valence-corrected chi connectivity index (χ0v) is 11.7. The second kappa shape index (κ2) is 6.27. The fourth-order valence-corrected chi connectivity index (χ4v) is 1.97. The van der Waals surface area contributed by atoms with Gasteiger partial charge in [-0.1, -0.05) is 0 Å². The Hall–Kier alpha value is -1.97. The number of hydrogen-bond acceptors (Lipinski definition) is 4. The van der Waals surface area contributed by atoms with Gasteiger partial charge in [0.1, 0.15) is 5.82 Å². The van der Waals surface area contributed by atoms with Crippen molar-refractivity contribution in [1.82, 2.24) is 4.98 Å². The lowest BCUT2D eigenvalue weighted by molar-refractivity contribution is 0.288. The summed E-state index contributed by atoms with van der Waals surface area (Å²) in [5.41, 5.74) is 0. The topological polar surface area (TPSA) is 43.4 Å². The number of pyridine rings is 1. The molecule has 4 nitrogen and oxygen atoms in total. The summed E-state index contributed by atoms with van der Waals surface area (Å²) in [5.74, 6) is 2.43. The maximum absolute atomic E-state index is 5.63. The number of ether oxygens (including phenoxy) is 2. The van der Waals surface area contributed by atoms with Crippen molar-refractivity contribution in [3.05, 3.63) is 24.4 Å². The largest absolute Gasteiger partial charge is 0.490 e. The molecule has 0 spiro atoms. The van der Waals surface area contributed by atoms with Crippen LogP contribution >= 0.6 is 0 Å². The summed E-state index contributed by atoms with van der Waals surface area (Å²) in [5, 5.41) is 5.35. The Morgan fingerprint density at radius 2 is 1.58 bits per heavy atom. The van der Waals surface area contributed by atoms with E-state index in [1.807, 2.05) is 38.2 Å². The molecule has 0 aliphatic heterocycles. The Balaban J connectivity index is 2.46. The van der Waals surface area contributed by atoms with Crippen molar-refractivity contribution in [3.8, 4) is 11.5 Å². The van der Waals surface area contributed by atoms with Crippen LogP contribution in [0.25, 0.3) is 10.8 Å². The molecule has 1 heterocycles. The molecular formula is C15H20N2O2. The van der Waals surface area contributed by atoms with Crippen molar-refractivity contribution >= 4 is 16.6 Å². The molecule has 19 heavy (non-hydrogen) atoms. The van der Waals surface area contributed by atoms with Crippen LogP contribution in [0.3, 0.4) is 0 Å². The van der Waals surface area contributed by atoms with E-state index in [4.69, 9.17) is 9.47 Å². The number of nitrogens with one attached hydrogen (secondary N) is 1. The number of rotatable bonds is 6. The SMILES string of the molecule is CCNc1cc2cc(OCC)c(OCC)cc2cn1. The smallest absolute Gasteiger partial charge is 0.161 e. The minimum absolute atomic E-state index is 0.620. The van der Waals surface area contributed by atoms with Crippen LogP contribution in [0, 0.1) is 0 Å². The lowest BCUT2D eigenvalue weighted by Crippen LogP contribution is -2.00. The molecule has 0 amide bonds. The number of anilines is 1. The van der Waals surface area contributed by atoms with Gasteiger partial charge in [0, 0.05) is 18.1 Å². The number of nitrogens with zero attached hydrogens (tertiary/aromatic N) is 1. The molecule has 1 N–H and O–H groups in total. The lowest BCUT2D eigenvalue weighted by atomic mass is 10.1. The number of hydrogen-bond donors (Lipinski definition) is 1. The zero-order valence-electron chi connectivity index (χ0n) is 11.7. The highest BCUT2D eigenvalue weighted by Crippen LogP contribution is 2.33. The summed E-state index contributed by atoms with van der Waals surface area (Å²) in [6, 6.07) is 6.01. The summed E-state index contributed by atoms with van der Waals surface area (Å²) in [6.45, 7) is 8.08. The average molecular weight is 260 g/mol. The molecule has 0 saturated heterocycles. The molecule has 2 rings (SSSR count). The van der Waals surface area contributed by atoms with Crippen molar-refractivity contribution in [1.29, 1.82) is 0 Å². The van der Waals surface area contributed by atoms with Crippen LogP contribution in [0.4, 0.5) is 5.82 Å². The molecule has 0 saturated carbocycles. The van der Waals surface area contributed by atoms with Gasteiger partial charge in [0.15, 0.2) is 11.5 Å². The molecule has 0 unspecified atom stereocenters. The fraction of sp³-hybridized carbons (Fsp3) is 0.400. The van der Waals surface area contributed by atoms with Crippen LogP contribution in [-0.4, -0.2) is 24.7 Å². The summed E-state index contributed by atoms with van der Waals surface area (Å²) < 4.78 is 11.2. The Bertz CT molecular complexity index is 555. The Kier molecular flexibility index (Phi) is 4.44. The monoisotopic (exact) mass is 260 g/mol. The summed E-state index contributed by atoms with van der Waals surface area (Å²) in [7, 11) is 0. The van der Waals surface area contributed by atoms with Crippen LogP contribution in [0.5, 0.6) is 11.5 Å². The second-order valence-corrected chi connectivity index (χ2v) is 4.11. The van der Waals surface area contributed by atoms with E-state index in [1.54, 1.807) is 0 Å². The Morgan fingerprint density at radius 3 is 2.16 bits per heavy atom. The van der Waals surface area contributed by atoms with E-state index in [0.717, 1.165) is 34.6 Å². The van der Waals surface area contributed by atoms with Crippen molar-refractivity contribution in [2.75, 3.05) is 25.1 Å². The van der Waals surface area contributed by atoms with Crippen LogP contribution < -0.4 is 14.8 Å². The van der Waals surface area contributed by atoms with E-state index >= 15 is 0 Å². The van der Waals surface area contributed by atoms with Gasteiger partial charge >= 0.3 is 0 Å². The lowest BCUT2D eigenvalue weighted by Gasteiger charge is -2.12. The third kappa shape index (κ3) is 3.08. The molecule has 0 aliphatic carbocycles. The van der Waals surface area contributed by atoms with E-state index in [9.17, 15) is 0 Å². The van der Waals surface area contributed by atoms with E-state index in [1.165, 1.54) is 0 Å². The minimum atomic E-state index is 0.620. The first-order valence-electron chi connectivity index (χ1n) is 6.71. The molecule has 2 aromatic rings. The molecule has 102 valence electrons. The normalized spacial score (nSPS) is 10.5. The third-order valence-corrected chi connectivity index (χ3v) is 2.74. The van der Waals surface area contributed by atoms with Gasteiger partial charge in [-0.2, -0.15) is 0 Å². The molecule has 0 aliphatic rings. The summed E-state index contributed by atoms with van der Waals surface area (Å²) >= 11 is 0. The maximum atomic E-state index is 5.63. The van der Waals surface area contributed by atoms with Crippen LogP contribution in [-0.2, 0) is 0 Å². The Morgan fingerprint density at radius 1 is 0.947 bits per heavy atom. The van der Waals surface area contributed by atoms with E-state index in [2.05, 4.69) is 17.2 Å². The minimum Gasteiger partial charge on any atom is -0.490 e. The highest BCUT2D eigenvalue weighted by Gasteiger charge is 2.08. The Labute approximate surface area is 113 Å². The predicted molar refractivity (Wildman–Crippen MR) is 78.2 cm³/mol. The highest BCUT2D eigenvalue weighted by atomic mass is 16.5. The van der Waals surface area contributed by atoms with Crippen molar-refractivity contribution in [2.24, 2.45) is 0 Å². The van der Waals surface area contributed by atoms with Gasteiger partial charge in [0.25, 0.3) is 0 Å². The standard InChI is InChI=1S/C15H20N2O2/c1-4-16-15-9-11-7-13(18-5-2)14(19-6-3)8-12(11)10-17-15/h7-10H,4-6H2,1-3H3,(H,16,17). The van der Waals surface area contributed by atoms with Gasteiger partial charge in [-0.25, -0.2) is 4.98 Å². The van der Waals surface area contributed by atoms with Gasteiger partial charge in [-0.3, -0.25) is 0 Å². The van der Waals surface area contributed by atoms with Crippen LogP contribution in [0.1, 0.15) is 20.8 Å². The van der Waals surface area contributed by atoms with Gasteiger partial charge < -0.3 is 14.8 Å². The fourth-order valence-electron chi connectivity index (χ4n) is 1.97. The first-order valence-corrected chi connectivity index (χ1v) is 6.71. The quantitative estimate of drug-likeness (QED) is 0.863. The highest BCUT2D eigenvalue weighted by molar-refractivity contribution is 5.87. The van der Waals surface area contributed by atoms with Gasteiger partial charge in [-0.15, -0.1) is 0 Å². The molecule has 0 bridgehead atoms. The van der Waals surface area contributed by atoms with Crippen molar-refractivity contribution < 1.29 is 9.47 Å². The van der Waals surface area contributed by atoms with E-state index in [-0.39, 0.29) is 0 Å². The van der Waals surface area contributed by atoms with Gasteiger partial charge in [0.05, 0.1) is 13.2 Å². The van der Waals surface area contributed by atoms with Crippen LogP contribution in [0.2, 0.25) is 0 Å². The predicted octanol–water partition coefficient (Wildman–Crippen LogP) is 3.46. The van der Waals surface area contributed by atoms with Gasteiger partial charge in [-0.05, 0) is 44.4 Å². The first-order chi connectivity index (χ1) is 9.28. The maximum Gasteiger partial charge on any atom is 0.161 e. The molecule has 4 heteroatoms. The molecule has 1 aromatic carbocycles. The third-order valence-electron chi connectivity index (χ3n) is 2.74. The zero-order chi connectivity index (χ0) is 13.7. The molecule has 1 aromatic heterocycles. The van der Waals surface area contributed by atoms with Crippen molar-refractivity contribution in [2.45, 2.75) is 20.8 Å². The number of aromatic nitrogens is 1. The van der Waals surface area contributed by atoms with E-state index < -0.39 is 0 Å². The van der Waals surface area contributed by atoms with E-state index in [0.29, 0.717) is 13.2 Å².